The highest BCUT2D eigenvalue weighted by atomic mass is 35.5. The number of benzene rings is 1. The van der Waals surface area contributed by atoms with Crippen LogP contribution in [0.5, 0.6) is 0 Å². The normalized spacial score (nSPS) is 11.3. The van der Waals surface area contributed by atoms with Crippen LogP contribution >= 0.6 is 11.6 Å². The van der Waals surface area contributed by atoms with E-state index in [1.165, 1.54) is 0 Å². The van der Waals surface area contributed by atoms with Crippen LogP contribution in [0, 0.1) is 6.92 Å². The molecule has 0 bridgehead atoms. The molecule has 0 aliphatic rings. The predicted octanol–water partition coefficient (Wildman–Crippen LogP) is 4.28. The van der Waals surface area contributed by atoms with Gasteiger partial charge in [0.15, 0.2) is 5.22 Å². The molecule has 3 aromatic rings. The molecule has 0 aliphatic heterocycles. The molecule has 3 rings (SSSR count). The summed E-state index contributed by atoms with van der Waals surface area (Å²) >= 11 is 6.12. The molecule has 3 nitrogen and oxygen atoms in total. The number of halogens is 1. The van der Waals surface area contributed by atoms with Crippen LogP contribution in [0.25, 0.3) is 11.0 Å². The number of fused-ring (bicyclic) bond motifs is 1. The smallest absolute Gasteiger partial charge is 0.199 e. The van der Waals surface area contributed by atoms with E-state index in [1.54, 1.807) is 0 Å². The first-order valence-electron chi connectivity index (χ1n) is 6.16. The van der Waals surface area contributed by atoms with Gasteiger partial charge in [0.05, 0.1) is 6.54 Å². The lowest BCUT2D eigenvalue weighted by Gasteiger charge is -2.01. The van der Waals surface area contributed by atoms with Crippen LogP contribution in [-0.2, 0) is 13.1 Å². The molecule has 98 valence electrons. The van der Waals surface area contributed by atoms with E-state index < -0.39 is 0 Å². The van der Waals surface area contributed by atoms with Crippen molar-refractivity contribution in [1.82, 2.24) is 5.32 Å². The van der Waals surface area contributed by atoms with Gasteiger partial charge in [0.2, 0.25) is 0 Å². The molecular weight excluding hydrogens is 262 g/mol. The Balaban J connectivity index is 1.73. The molecule has 2 heterocycles. The van der Waals surface area contributed by atoms with Gasteiger partial charge in [-0.3, -0.25) is 0 Å². The van der Waals surface area contributed by atoms with Crippen LogP contribution in [-0.4, -0.2) is 0 Å². The third kappa shape index (κ3) is 2.53. The highest BCUT2D eigenvalue weighted by Crippen LogP contribution is 2.29. The SMILES string of the molecule is Cc1ccc(CNCc2c(Cl)oc3ccccc23)o1. The zero-order valence-corrected chi connectivity index (χ0v) is 11.3. The summed E-state index contributed by atoms with van der Waals surface area (Å²) in [6.45, 7) is 3.25. The lowest BCUT2D eigenvalue weighted by atomic mass is 10.2. The third-order valence-corrected chi connectivity index (χ3v) is 3.35. The van der Waals surface area contributed by atoms with Gasteiger partial charge in [-0.1, -0.05) is 18.2 Å². The topological polar surface area (TPSA) is 38.3 Å². The van der Waals surface area contributed by atoms with Gasteiger partial charge in [0.25, 0.3) is 0 Å². The van der Waals surface area contributed by atoms with Crippen LogP contribution < -0.4 is 5.32 Å². The summed E-state index contributed by atoms with van der Waals surface area (Å²) < 4.78 is 11.0. The molecular formula is C15H14ClNO2. The molecule has 0 saturated carbocycles. The highest BCUT2D eigenvalue weighted by Gasteiger charge is 2.11. The maximum Gasteiger partial charge on any atom is 0.199 e. The van der Waals surface area contributed by atoms with Crippen molar-refractivity contribution in [1.29, 1.82) is 0 Å². The number of furan rings is 2. The molecule has 0 aliphatic carbocycles. The standard InChI is InChI=1S/C15H14ClNO2/c1-10-6-7-11(18-10)8-17-9-13-12-4-2-3-5-14(12)19-15(13)16/h2-7,17H,8-9H2,1H3. The van der Waals surface area contributed by atoms with Crippen molar-refractivity contribution in [2.45, 2.75) is 20.0 Å². The molecule has 0 spiro atoms. The predicted molar refractivity (Wildman–Crippen MR) is 75.2 cm³/mol. The second-order valence-electron chi connectivity index (χ2n) is 4.47. The molecule has 19 heavy (non-hydrogen) atoms. The average molecular weight is 276 g/mol. The minimum absolute atomic E-state index is 0.448. The Hall–Kier alpha value is -1.71. The molecule has 0 saturated heterocycles. The van der Waals surface area contributed by atoms with E-state index >= 15 is 0 Å². The summed E-state index contributed by atoms with van der Waals surface area (Å²) in [7, 11) is 0. The zero-order valence-electron chi connectivity index (χ0n) is 10.6. The maximum absolute atomic E-state index is 6.12. The Morgan fingerprint density at radius 2 is 1.89 bits per heavy atom. The molecule has 1 N–H and O–H groups in total. The number of aryl methyl sites for hydroxylation is 1. The molecule has 0 radical (unpaired) electrons. The molecule has 4 heteroatoms. The van der Waals surface area contributed by atoms with Gasteiger partial charge in [0.1, 0.15) is 17.1 Å². The first-order valence-corrected chi connectivity index (χ1v) is 6.54. The Labute approximate surface area is 116 Å². The second-order valence-corrected chi connectivity index (χ2v) is 4.81. The Morgan fingerprint density at radius 1 is 1.05 bits per heavy atom. The largest absolute Gasteiger partial charge is 0.465 e. The lowest BCUT2D eigenvalue weighted by molar-refractivity contribution is 0.461. The summed E-state index contributed by atoms with van der Waals surface area (Å²) in [5.41, 5.74) is 1.80. The fourth-order valence-corrected chi connectivity index (χ4v) is 2.38. The van der Waals surface area contributed by atoms with E-state index in [0.29, 0.717) is 18.3 Å². The fourth-order valence-electron chi connectivity index (χ4n) is 2.12. The Morgan fingerprint density at radius 3 is 2.68 bits per heavy atom. The maximum atomic E-state index is 6.12. The van der Waals surface area contributed by atoms with Crippen LogP contribution in [0.4, 0.5) is 0 Å². The minimum Gasteiger partial charge on any atom is -0.465 e. The van der Waals surface area contributed by atoms with Crippen LogP contribution in [0.3, 0.4) is 0 Å². The van der Waals surface area contributed by atoms with E-state index in [4.69, 9.17) is 20.4 Å². The van der Waals surface area contributed by atoms with Crippen LogP contribution in [0.1, 0.15) is 17.1 Å². The van der Waals surface area contributed by atoms with E-state index in [2.05, 4.69) is 5.32 Å². The number of rotatable bonds is 4. The second kappa shape index (κ2) is 5.11. The fraction of sp³-hybridized carbons (Fsp3) is 0.200. The molecule has 1 aromatic carbocycles. The third-order valence-electron chi connectivity index (χ3n) is 3.05. The molecule has 2 aromatic heterocycles. The van der Waals surface area contributed by atoms with Gasteiger partial charge in [-0.05, 0) is 36.7 Å². The summed E-state index contributed by atoms with van der Waals surface area (Å²) in [6, 6.07) is 11.8. The molecule has 0 atom stereocenters. The number of hydrogen-bond donors (Lipinski definition) is 1. The van der Waals surface area contributed by atoms with Crippen LogP contribution in [0.2, 0.25) is 5.22 Å². The van der Waals surface area contributed by atoms with Gasteiger partial charge >= 0.3 is 0 Å². The number of nitrogens with one attached hydrogen (secondary N) is 1. The van der Waals surface area contributed by atoms with E-state index in [1.807, 2.05) is 43.3 Å². The van der Waals surface area contributed by atoms with Crippen molar-refractivity contribution >= 4 is 22.6 Å². The van der Waals surface area contributed by atoms with E-state index in [-0.39, 0.29) is 0 Å². The van der Waals surface area contributed by atoms with Crippen molar-refractivity contribution in [2.75, 3.05) is 0 Å². The number of hydrogen-bond acceptors (Lipinski definition) is 3. The summed E-state index contributed by atoms with van der Waals surface area (Å²) in [5.74, 6) is 1.84. The molecule has 0 amide bonds. The number of para-hydroxylation sites is 1. The van der Waals surface area contributed by atoms with Crippen LogP contribution in [0.15, 0.2) is 45.2 Å². The Kier molecular flexibility index (Phi) is 3.32. The lowest BCUT2D eigenvalue weighted by Crippen LogP contribution is -2.12. The highest BCUT2D eigenvalue weighted by molar-refractivity contribution is 6.30. The average Bonchev–Trinajstić information content (AvgIpc) is 2.94. The van der Waals surface area contributed by atoms with E-state index in [9.17, 15) is 0 Å². The molecule has 0 fully saturated rings. The van der Waals surface area contributed by atoms with Gasteiger partial charge in [-0.2, -0.15) is 0 Å². The van der Waals surface area contributed by atoms with Gasteiger partial charge in [-0.15, -0.1) is 0 Å². The van der Waals surface area contributed by atoms with Gasteiger partial charge in [0, 0.05) is 17.5 Å². The first kappa shape index (κ1) is 12.3. The summed E-state index contributed by atoms with van der Waals surface area (Å²) in [5, 5.41) is 4.81. The monoisotopic (exact) mass is 275 g/mol. The van der Waals surface area contributed by atoms with Gasteiger partial charge in [-0.25, -0.2) is 0 Å². The Bertz CT molecular complexity index is 699. The van der Waals surface area contributed by atoms with Gasteiger partial charge < -0.3 is 14.2 Å². The first-order chi connectivity index (χ1) is 9.24. The van der Waals surface area contributed by atoms with Crippen molar-refractivity contribution in [2.24, 2.45) is 0 Å². The van der Waals surface area contributed by atoms with Crippen molar-refractivity contribution in [3.8, 4) is 0 Å². The summed E-state index contributed by atoms with van der Waals surface area (Å²) in [6.07, 6.45) is 0. The van der Waals surface area contributed by atoms with Crippen molar-refractivity contribution in [3.63, 3.8) is 0 Å². The van der Waals surface area contributed by atoms with E-state index in [0.717, 1.165) is 28.1 Å². The quantitative estimate of drug-likeness (QED) is 0.772. The molecule has 0 unspecified atom stereocenters. The van der Waals surface area contributed by atoms with Crippen molar-refractivity contribution in [3.05, 3.63) is 58.7 Å². The van der Waals surface area contributed by atoms with Crippen molar-refractivity contribution < 1.29 is 8.83 Å². The summed E-state index contributed by atoms with van der Waals surface area (Å²) in [4.78, 5) is 0. The zero-order chi connectivity index (χ0) is 13.2. The minimum atomic E-state index is 0.448.